The first-order valence-electron chi connectivity index (χ1n) is 10.0. The fourth-order valence-corrected chi connectivity index (χ4v) is 3.91. The maximum absolute atomic E-state index is 14.9. The minimum Gasteiger partial charge on any atom is -0.455 e. The van der Waals surface area contributed by atoms with E-state index in [-0.39, 0.29) is 29.0 Å². The molecule has 178 valence electrons. The van der Waals surface area contributed by atoms with Gasteiger partial charge >= 0.3 is 11.6 Å². The number of fused-ring (bicyclic) bond motifs is 1. The van der Waals surface area contributed by atoms with Gasteiger partial charge in [0.1, 0.15) is 11.5 Å². The summed E-state index contributed by atoms with van der Waals surface area (Å²) in [5.41, 5.74) is 0.480. The van der Waals surface area contributed by atoms with Crippen molar-refractivity contribution in [1.29, 1.82) is 0 Å². The van der Waals surface area contributed by atoms with Crippen molar-refractivity contribution >= 4 is 28.2 Å². The molecule has 0 saturated heterocycles. The van der Waals surface area contributed by atoms with Crippen molar-refractivity contribution in [1.82, 2.24) is 19.7 Å². The third-order valence-electron chi connectivity index (χ3n) is 5.15. The number of rotatable bonds is 7. The van der Waals surface area contributed by atoms with Gasteiger partial charge in [0.25, 0.3) is 10.2 Å². The minimum atomic E-state index is -3.97. The second kappa shape index (κ2) is 9.27. The molecule has 1 aliphatic carbocycles. The number of hydrogen-bond acceptors (Lipinski definition) is 8. The van der Waals surface area contributed by atoms with Gasteiger partial charge in [-0.05, 0) is 30.2 Å². The van der Waals surface area contributed by atoms with E-state index in [1.807, 2.05) is 9.44 Å². The summed E-state index contributed by atoms with van der Waals surface area (Å²) in [5.74, 6) is -1.99. The number of nitrogens with one attached hydrogen (secondary N) is 2. The average molecular weight is 491 g/mol. The van der Waals surface area contributed by atoms with Gasteiger partial charge < -0.3 is 9.15 Å². The van der Waals surface area contributed by atoms with E-state index in [1.165, 1.54) is 19.3 Å². The lowest BCUT2D eigenvalue weighted by Gasteiger charge is -2.16. The molecule has 0 fully saturated rings. The van der Waals surface area contributed by atoms with Gasteiger partial charge in [-0.1, -0.05) is 6.08 Å². The first-order valence-corrected chi connectivity index (χ1v) is 11.5. The molecule has 0 spiro atoms. The Morgan fingerprint density at radius 2 is 1.97 bits per heavy atom. The molecular weight excluding hydrogens is 472 g/mol. The van der Waals surface area contributed by atoms with Crippen LogP contribution in [0.25, 0.3) is 12.2 Å². The Morgan fingerprint density at radius 1 is 1.24 bits per heavy atom. The Morgan fingerprint density at radius 3 is 2.68 bits per heavy atom. The Hall–Kier alpha value is -3.71. The van der Waals surface area contributed by atoms with Crippen LogP contribution in [0.3, 0.4) is 0 Å². The fraction of sp³-hybridized carbons (Fsp3) is 0.238. The van der Waals surface area contributed by atoms with Crippen LogP contribution in [0.1, 0.15) is 23.1 Å². The molecule has 0 amide bonds. The molecule has 13 heteroatoms. The molecule has 0 aromatic carbocycles. The largest absolute Gasteiger partial charge is 0.455 e. The molecule has 1 unspecified atom stereocenters. The molecule has 0 bridgehead atoms. The molecule has 1 atom stereocenters. The van der Waals surface area contributed by atoms with Gasteiger partial charge in [-0.15, -0.1) is 0 Å². The molecule has 34 heavy (non-hydrogen) atoms. The summed E-state index contributed by atoms with van der Waals surface area (Å²) < 4.78 is 66.3. The van der Waals surface area contributed by atoms with E-state index in [2.05, 4.69) is 15.0 Å². The Labute approximate surface area is 192 Å². The van der Waals surface area contributed by atoms with Crippen molar-refractivity contribution in [3.05, 3.63) is 74.0 Å². The van der Waals surface area contributed by atoms with Crippen LogP contribution in [0.2, 0.25) is 0 Å². The molecule has 1 aliphatic rings. The van der Waals surface area contributed by atoms with E-state index in [0.29, 0.717) is 17.2 Å². The van der Waals surface area contributed by atoms with Crippen molar-refractivity contribution in [2.24, 2.45) is 0 Å². The van der Waals surface area contributed by atoms with Crippen molar-refractivity contribution in [3.63, 3.8) is 0 Å². The average Bonchev–Trinajstić information content (AvgIpc) is 2.80. The standard InChI is InChI=1S/C21H19F2N5O5S/c1-11-15-4-3-14(32-21-26-9-13(22)10-27-21)8-17(15)33-20(29)16(11)7-12-5-6-25-19(18(12)23)28-34(30,31)24-2/h4-6,8-10,14,24H,3,7H2,1-2H3,(H,25,28). The van der Waals surface area contributed by atoms with Crippen LogP contribution in [-0.2, 0) is 16.6 Å². The lowest BCUT2D eigenvalue weighted by atomic mass is 9.99. The summed E-state index contributed by atoms with van der Waals surface area (Å²) in [4.78, 5) is 23.9. The molecule has 0 saturated carbocycles. The summed E-state index contributed by atoms with van der Waals surface area (Å²) in [5, 5.41) is 0.653. The summed E-state index contributed by atoms with van der Waals surface area (Å²) in [7, 11) is -2.81. The van der Waals surface area contributed by atoms with Crippen LogP contribution in [0.15, 0.2) is 33.9 Å². The summed E-state index contributed by atoms with van der Waals surface area (Å²) in [6, 6.07) is 1.33. The quantitative estimate of drug-likeness (QED) is 0.481. The van der Waals surface area contributed by atoms with Crippen LogP contribution in [0.4, 0.5) is 14.6 Å². The molecule has 0 radical (unpaired) electrons. The normalized spacial score (nSPS) is 15.1. The minimum absolute atomic E-state index is 0.0203. The smallest absolute Gasteiger partial charge is 0.340 e. The summed E-state index contributed by atoms with van der Waals surface area (Å²) >= 11 is 0. The van der Waals surface area contributed by atoms with Gasteiger partial charge in [-0.25, -0.2) is 33.2 Å². The van der Waals surface area contributed by atoms with Crippen LogP contribution in [0.5, 0.6) is 6.01 Å². The van der Waals surface area contributed by atoms with Crippen LogP contribution in [-0.4, -0.2) is 36.5 Å². The molecule has 3 aromatic heterocycles. The molecule has 0 aliphatic heterocycles. The van der Waals surface area contributed by atoms with Gasteiger partial charge in [0, 0.05) is 36.9 Å². The number of nitrogens with zero attached hydrogens (tertiary/aromatic N) is 3. The van der Waals surface area contributed by atoms with Crippen molar-refractivity contribution in [2.75, 3.05) is 11.8 Å². The zero-order chi connectivity index (χ0) is 24.5. The topological polar surface area (TPSA) is 136 Å². The molecule has 2 N–H and O–H groups in total. The first kappa shape index (κ1) is 23.4. The van der Waals surface area contributed by atoms with Crippen LogP contribution >= 0.6 is 0 Å². The predicted molar refractivity (Wildman–Crippen MR) is 118 cm³/mol. The predicted octanol–water partition coefficient (Wildman–Crippen LogP) is 0.291. The first-order chi connectivity index (χ1) is 16.2. The maximum atomic E-state index is 14.9. The number of hydrogen-bond donors (Lipinski definition) is 2. The molecule has 10 nitrogen and oxygen atoms in total. The van der Waals surface area contributed by atoms with E-state index in [4.69, 9.17) is 9.15 Å². The third kappa shape index (κ3) is 4.94. The van der Waals surface area contributed by atoms with Crippen LogP contribution < -0.4 is 30.4 Å². The van der Waals surface area contributed by atoms with Crippen molar-refractivity contribution in [3.8, 4) is 6.01 Å². The van der Waals surface area contributed by atoms with E-state index in [9.17, 15) is 22.0 Å². The highest BCUT2D eigenvalue weighted by molar-refractivity contribution is 7.90. The number of anilines is 1. The SMILES string of the molecule is CNS(=O)(=O)Nc1nccc(Cc2c(C)c3c(oc2=O)=CC(Oc2ncc(F)cn2)CC=3)c1F. The van der Waals surface area contributed by atoms with E-state index in [0.717, 1.165) is 12.4 Å². The van der Waals surface area contributed by atoms with Gasteiger partial charge in [-0.3, -0.25) is 4.72 Å². The van der Waals surface area contributed by atoms with E-state index >= 15 is 0 Å². The molecular formula is C21H19F2N5O5S. The fourth-order valence-electron chi connectivity index (χ4n) is 3.41. The number of pyridine rings is 1. The Kier molecular flexibility index (Phi) is 6.39. The highest BCUT2D eigenvalue weighted by Gasteiger charge is 2.20. The van der Waals surface area contributed by atoms with Gasteiger partial charge in [0.2, 0.25) is 0 Å². The Balaban J connectivity index is 1.64. The van der Waals surface area contributed by atoms with E-state index < -0.39 is 39.4 Å². The number of aromatic nitrogens is 3. The summed E-state index contributed by atoms with van der Waals surface area (Å²) in [6.45, 7) is 1.71. The van der Waals surface area contributed by atoms with Gasteiger partial charge in [0.05, 0.1) is 12.4 Å². The van der Waals surface area contributed by atoms with E-state index in [1.54, 1.807) is 19.1 Å². The van der Waals surface area contributed by atoms with Gasteiger partial charge in [0.15, 0.2) is 17.5 Å². The maximum Gasteiger partial charge on any atom is 0.340 e. The highest BCUT2D eigenvalue weighted by Crippen LogP contribution is 2.19. The van der Waals surface area contributed by atoms with Gasteiger partial charge in [-0.2, -0.15) is 8.42 Å². The monoisotopic (exact) mass is 491 g/mol. The van der Waals surface area contributed by atoms with Crippen molar-refractivity contribution in [2.45, 2.75) is 25.9 Å². The second-order valence-corrected chi connectivity index (χ2v) is 8.96. The highest BCUT2D eigenvalue weighted by atomic mass is 32.2. The molecule has 4 rings (SSSR count). The number of halogens is 2. The second-order valence-electron chi connectivity index (χ2n) is 7.34. The summed E-state index contributed by atoms with van der Waals surface area (Å²) in [6.07, 6.45) is 6.33. The van der Waals surface area contributed by atoms with Crippen LogP contribution in [0, 0.1) is 18.6 Å². The lowest BCUT2D eigenvalue weighted by Crippen LogP contribution is -2.39. The molecule has 3 heterocycles. The zero-order valence-electron chi connectivity index (χ0n) is 18.0. The Bertz CT molecular complexity index is 1520. The molecule has 3 aromatic rings. The lowest BCUT2D eigenvalue weighted by molar-refractivity contribution is 0.244. The third-order valence-corrected chi connectivity index (χ3v) is 6.15. The zero-order valence-corrected chi connectivity index (χ0v) is 18.8. The van der Waals surface area contributed by atoms with Crippen molar-refractivity contribution < 1.29 is 26.4 Å². The number of ether oxygens (including phenoxy) is 1.